The normalized spacial score (nSPS) is 21.7. The molecule has 0 radical (unpaired) electrons. The van der Waals surface area contributed by atoms with Crippen LogP contribution in [0.4, 0.5) is 0 Å². The van der Waals surface area contributed by atoms with Crippen LogP contribution in [0.1, 0.15) is 54.4 Å². The minimum Gasteiger partial charge on any atom is -0.386 e. The number of fused-ring (bicyclic) bond motifs is 1. The summed E-state index contributed by atoms with van der Waals surface area (Å²) in [5.41, 5.74) is 3.75. The summed E-state index contributed by atoms with van der Waals surface area (Å²) in [5.74, 6) is 0.0300. The number of aromatic nitrogens is 3. The second kappa shape index (κ2) is 6.66. The van der Waals surface area contributed by atoms with E-state index in [1.165, 1.54) is 5.57 Å². The molecule has 140 valence electrons. The molecule has 1 aliphatic rings. The number of allylic oxidation sites excluding steroid dienone is 2. The first-order valence-electron chi connectivity index (χ1n) is 9.64. The standard InChI is InChI=1S/C22H31N3O/c1-7-21(3,4)15-13-16(22(5,6)8-2)20(26)19(14-15)25-23-17-11-9-10-12-18(17)24-25/h9-14,16,20,26H,7-8H2,1-6H3. The summed E-state index contributed by atoms with van der Waals surface area (Å²) in [4.78, 5) is 1.63. The molecule has 0 saturated heterocycles. The maximum atomic E-state index is 11.2. The van der Waals surface area contributed by atoms with Crippen LogP contribution in [0.3, 0.4) is 0 Å². The first kappa shape index (κ1) is 18.8. The molecule has 0 fully saturated rings. The topological polar surface area (TPSA) is 50.9 Å². The van der Waals surface area contributed by atoms with Crippen LogP contribution in [0.2, 0.25) is 0 Å². The molecule has 0 bridgehead atoms. The summed E-state index contributed by atoms with van der Waals surface area (Å²) in [6.45, 7) is 13.4. The number of benzene rings is 1. The van der Waals surface area contributed by atoms with Crippen LogP contribution < -0.4 is 0 Å². The first-order chi connectivity index (χ1) is 12.2. The third kappa shape index (κ3) is 3.23. The molecule has 2 unspecified atom stereocenters. The van der Waals surface area contributed by atoms with Gasteiger partial charge in [-0.3, -0.25) is 0 Å². The highest BCUT2D eigenvalue weighted by molar-refractivity contribution is 5.74. The summed E-state index contributed by atoms with van der Waals surface area (Å²) in [7, 11) is 0. The van der Waals surface area contributed by atoms with Crippen molar-refractivity contribution in [3.63, 3.8) is 0 Å². The monoisotopic (exact) mass is 353 g/mol. The Labute approximate surface area is 156 Å². The van der Waals surface area contributed by atoms with Crippen molar-refractivity contribution in [2.24, 2.45) is 16.7 Å². The maximum absolute atomic E-state index is 11.2. The van der Waals surface area contributed by atoms with Crippen LogP contribution in [-0.2, 0) is 0 Å². The fourth-order valence-corrected chi connectivity index (χ4v) is 3.43. The van der Waals surface area contributed by atoms with Crippen molar-refractivity contribution in [2.75, 3.05) is 0 Å². The van der Waals surface area contributed by atoms with Gasteiger partial charge in [-0.1, -0.05) is 66.2 Å². The second-order valence-electron chi connectivity index (χ2n) is 8.72. The zero-order valence-electron chi connectivity index (χ0n) is 16.8. The van der Waals surface area contributed by atoms with Gasteiger partial charge in [0.05, 0.1) is 5.70 Å². The van der Waals surface area contributed by atoms with Gasteiger partial charge >= 0.3 is 0 Å². The number of hydrogen-bond donors (Lipinski definition) is 1. The van der Waals surface area contributed by atoms with E-state index in [9.17, 15) is 5.11 Å². The Morgan fingerprint density at radius 2 is 1.58 bits per heavy atom. The molecule has 2 aromatic rings. The van der Waals surface area contributed by atoms with Crippen molar-refractivity contribution < 1.29 is 5.11 Å². The predicted molar refractivity (Wildman–Crippen MR) is 108 cm³/mol. The van der Waals surface area contributed by atoms with Crippen molar-refractivity contribution >= 4 is 16.7 Å². The SMILES string of the molecule is CCC(C)(C)C1=CC(C(C)(C)CC)C(O)C(n2nc3ccccc3n2)=C1. The van der Waals surface area contributed by atoms with E-state index in [4.69, 9.17) is 0 Å². The number of aliphatic hydroxyl groups is 1. The molecule has 0 saturated carbocycles. The van der Waals surface area contributed by atoms with Gasteiger partial charge in [-0.2, -0.15) is 4.80 Å². The van der Waals surface area contributed by atoms with E-state index in [2.05, 4.69) is 63.9 Å². The molecular formula is C22H31N3O. The zero-order valence-corrected chi connectivity index (χ0v) is 16.8. The highest BCUT2D eigenvalue weighted by atomic mass is 16.3. The predicted octanol–water partition coefficient (Wildman–Crippen LogP) is 5.06. The average molecular weight is 354 g/mol. The third-order valence-electron chi connectivity index (χ3n) is 6.30. The fourth-order valence-electron chi connectivity index (χ4n) is 3.43. The number of rotatable bonds is 5. The summed E-state index contributed by atoms with van der Waals surface area (Å²) >= 11 is 0. The molecule has 4 nitrogen and oxygen atoms in total. The Balaban J connectivity index is 2.14. The average Bonchev–Trinajstić information content (AvgIpc) is 3.05. The maximum Gasteiger partial charge on any atom is 0.113 e. The lowest BCUT2D eigenvalue weighted by atomic mass is 9.67. The van der Waals surface area contributed by atoms with Crippen LogP contribution in [0.15, 0.2) is 42.0 Å². The lowest BCUT2D eigenvalue weighted by Crippen LogP contribution is -2.38. The van der Waals surface area contributed by atoms with Gasteiger partial charge in [0.1, 0.15) is 17.1 Å². The molecule has 0 aliphatic heterocycles. The van der Waals surface area contributed by atoms with Crippen molar-refractivity contribution in [3.8, 4) is 0 Å². The van der Waals surface area contributed by atoms with E-state index in [0.717, 1.165) is 29.6 Å². The molecular weight excluding hydrogens is 322 g/mol. The van der Waals surface area contributed by atoms with Gasteiger partial charge in [-0.05, 0) is 41.0 Å². The highest BCUT2D eigenvalue weighted by Gasteiger charge is 2.39. The van der Waals surface area contributed by atoms with E-state index >= 15 is 0 Å². The number of nitrogens with zero attached hydrogens (tertiary/aromatic N) is 3. The molecule has 1 heterocycles. The summed E-state index contributed by atoms with van der Waals surface area (Å²) in [5, 5.41) is 20.5. The Hall–Kier alpha value is -1.94. The van der Waals surface area contributed by atoms with E-state index in [0.29, 0.717) is 0 Å². The molecule has 2 atom stereocenters. The van der Waals surface area contributed by atoms with Crippen molar-refractivity contribution in [1.29, 1.82) is 0 Å². The van der Waals surface area contributed by atoms with Gasteiger partial charge in [0.2, 0.25) is 0 Å². The Morgan fingerprint density at radius 1 is 1.00 bits per heavy atom. The third-order valence-corrected chi connectivity index (χ3v) is 6.30. The molecule has 1 aliphatic carbocycles. The summed E-state index contributed by atoms with van der Waals surface area (Å²) < 4.78 is 0. The van der Waals surface area contributed by atoms with Gasteiger partial charge in [0.25, 0.3) is 0 Å². The van der Waals surface area contributed by atoms with Gasteiger partial charge in [0.15, 0.2) is 0 Å². The minimum atomic E-state index is -0.622. The Morgan fingerprint density at radius 3 is 2.08 bits per heavy atom. The number of hydrogen-bond acceptors (Lipinski definition) is 3. The second-order valence-corrected chi connectivity index (χ2v) is 8.72. The molecule has 0 amide bonds. The first-order valence-corrected chi connectivity index (χ1v) is 9.64. The smallest absolute Gasteiger partial charge is 0.113 e. The van der Waals surface area contributed by atoms with Crippen molar-refractivity contribution in [3.05, 3.63) is 42.0 Å². The highest BCUT2D eigenvalue weighted by Crippen LogP contribution is 2.44. The summed E-state index contributed by atoms with van der Waals surface area (Å²) in [6.07, 6.45) is 5.78. The molecule has 1 aromatic heterocycles. The molecule has 0 spiro atoms. The Kier molecular flexibility index (Phi) is 4.82. The molecule has 3 rings (SSSR count). The lowest BCUT2D eigenvalue weighted by Gasteiger charge is -2.40. The van der Waals surface area contributed by atoms with Crippen LogP contribution in [-0.4, -0.2) is 26.2 Å². The van der Waals surface area contributed by atoms with Gasteiger partial charge in [-0.25, -0.2) is 0 Å². The zero-order chi connectivity index (χ0) is 19.1. The largest absolute Gasteiger partial charge is 0.386 e. The van der Waals surface area contributed by atoms with Crippen LogP contribution in [0, 0.1) is 16.7 Å². The van der Waals surface area contributed by atoms with E-state index < -0.39 is 6.10 Å². The van der Waals surface area contributed by atoms with Gasteiger partial charge in [-0.15, -0.1) is 10.2 Å². The van der Waals surface area contributed by atoms with Gasteiger partial charge in [0, 0.05) is 5.92 Å². The van der Waals surface area contributed by atoms with E-state index in [1.54, 1.807) is 4.80 Å². The molecule has 4 heteroatoms. The van der Waals surface area contributed by atoms with Crippen molar-refractivity contribution in [2.45, 2.75) is 60.5 Å². The van der Waals surface area contributed by atoms with E-state index in [1.807, 2.05) is 24.3 Å². The van der Waals surface area contributed by atoms with Crippen LogP contribution in [0.25, 0.3) is 16.7 Å². The summed E-state index contributed by atoms with van der Waals surface area (Å²) in [6, 6.07) is 7.83. The van der Waals surface area contributed by atoms with Crippen molar-refractivity contribution in [1.82, 2.24) is 15.0 Å². The lowest BCUT2D eigenvalue weighted by molar-refractivity contribution is 0.0929. The Bertz CT molecular complexity index is 824. The van der Waals surface area contributed by atoms with Crippen LogP contribution in [0.5, 0.6) is 0 Å². The van der Waals surface area contributed by atoms with Gasteiger partial charge < -0.3 is 5.11 Å². The molecule has 1 aromatic carbocycles. The number of aliphatic hydroxyl groups excluding tert-OH is 1. The molecule has 26 heavy (non-hydrogen) atoms. The quantitative estimate of drug-likeness (QED) is 0.817. The van der Waals surface area contributed by atoms with E-state index in [-0.39, 0.29) is 16.7 Å². The fraction of sp³-hybridized carbons (Fsp3) is 0.545. The minimum absolute atomic E-state index is 0.0133. The molecule has 1 N–H and O–H groups in total. The van der Waals surface area contributed by atoms with Crippen LogP contribution >= 0.6 is 0 Å².